The quantitative estimate of drug-likeness (QED) is 0.636. The molecule has 0 heterocycles. The standard InChI is InChI=1S/C16H27NO3/c1-3-5-11-17(12-6-4-2)15(18)13-9-7-8-10-14(13)16(19)20/h7-8,13-14H,3-6,9-12H2,1-2H3,(H,19,20)/p-1/t13-,14-/m0/s1. The first-order chi connectivity index (χ1) is 9.61. The van der Waals surface area contributed by atoms with Gasteiger partial charge in [-0.2, -0.15) is 0 Å². The molecule has 0 saturated heterocycles. The molecule has 0 N–H and O–H groups in total. The molecule has 0 fully saturated rings. The van der Waals surface area contributed by atoms with E-state index in [2.05, 4.69) is 13.8 Å². The van der Waals surface area contributed by atoms with Gasteiger partial charge in [-0.3, -0.25) is 4.79 Å². The fraction of sp³-hybridized carbons (Fsp3) is 0.750. The van der Waals surface area contributed by atoms with Crippen molar-refractivity contribution in [2.45, 2.75) is 52.4 Å². The summed E-state index contributed by atoms with van der Waals surface area (Å²) >= 11 is 0. The van der Waals surface area contributed by atoms with E-state index < -0.39 is 17.8 Å². The maximum Gasteiger partial charge on any atom is 0.226 e. The van der Waals surface area contributed by atoms with Gasteiger partial charge in [-0.25, -0.2) is 0 Å². The minimum Gasteiger partial charge on any atom is -0.550 e. The van der Waals surface area contributed by atoms with E-state index in [0.29, 0.717) is 12.8 Å². The molecule has 2 atom stereocenters. The number of rotatable bonds is 8. The maximum atomic E-state index is 12.6. The van der Waals surface area contributed by atoms with Gasteiger partial charge in [0.15, 0.2) is 0 Å². The summed E-state index contributed by atoms with van der Waals surface area (Å²) in [6.45, 7) is 5.65. The normalized spacial score (nSPS) is 21.7. The minimum absolute atomic E-state index is 0.00884. The zero-order chi connectivity index (χ0) is 15.0. The van der Waals surface area contributed by atoms with E-state index in [4.69, 9.17) is 0 Å². The van der Waals surface area contributed by atoms with Crippen LogP contribution in [0.4, 0.5) is 0 Å². The largest absolute Gasteiger partial charge is 0.550 e. The fourth-order valence-electron chi connectivity index (χ4n) is 2.61. The summed E-state index contributed by atoms with van der Waals surface area (Å²) in [5.74, 6) is -2.22. The molecule has 0 spiro atoms. The van der Waals surface area contributed by atoms with E-state index in [0.717, 1.165) is 38.8 Å². The van der Waals surface area contributed by atoms with E-state index in [1.54, 1.807) is 0 Å². The Kier molecular flexibility index (Phi) is 7.34. The highest BCUT2D eigenvalue weighted by atomic mass is 16.4. The van der Waals surface area contributed by atoms with Gasteiger partial charge in [0, 0.05) is 30.9 Å². The van der Waals surface area contributed by atoms with Crippen LogP contribution < -0.4 is 5.11 Å². The van der Waals surface area contributed by atoms with E-state index in [1.807, 2.05) is 17.1 Å². The van der Waals surface area contributed by atoms with Gasteiger partial charge in [0.2, 0.25) is 5.91 Å². The number of carbonyl (C=O) groups excluding carboxylic acids is 2. The third-order valence-corrected chi connectivity index (χ3v) is 3.93. The van der Waals surface area contributed by atoms with Gasteiger partial charge in [-0.05, 0) is 25.7 Å². The second-order valence-corrected chi connectivity index (χ2v) is 5.51. The van der Waals surface area contributed by atoms with Gasteiger partial charge < -0.3 is 14.8 Å². The van der Waals surface area contributed by atoms with Crippen LogP contribution in [0.5, 0.6) is 0 Å². The average Bonchev–Trinajstić information content (AvgIpc) is 2.46. The second-order valence-electron chi connectivity index (χ2n) is 5.51. The van der Waals surface area contributed by atoms with Crippen molar-refractivity contribution in [2.75, 3.05) is 13.1 Å². The molecule has 0 bridgehead atoms. The van der Waals surface area contributed by atoms with E-state index in [9.17, 15) is 14.7 Å². The van der Waals surface area contributed by atoms with Crippen LogP contribution in [0.2, 0.25) is 0 Å². The maximum absolute atomic E-state index is 12.6. The molecule has 0 aromatic rings. The van der Waals surface area contributed by atoms with Crippen molar-refractivity contribution in [3.8, 4) is 0 Å². The second kappa shape index (κ2) is 8.77. The van der Waals surface area contributed by atoms with Gasteiger partial charge in [-0.1, -0.05) is 38.8 Å². The van der Waals surface area contributed by atoms with Crippen LogP contribution in [-0.2, 0) is 9.59 Å². The average molecular weight is 280 g/mol. The minimum atomic E-state index is -1.10. The SMILES string of the molecule is CCCCN(CCCC)C(=O)[C@H]1CC=CC[C@@H]1C(=O)[O-]. The van der Waals surface area contributed by atoms with Gasteiger partial charge in [0.05, 0.1) is 0 Å². The van der Waals surface area contributed by atoms with Crippen LogP contribution >= 0.6 is 0 Å². The van der Waals surface area contributed by atoms with Crippen LogP contribution in [0.25, 0.3) is 0 Å². The fourth-order valence-corrected chi connectivity index (χ4v) is 2.61. The summed E-state index contributed by atoms with van der Waals surface area (Å²) in [6, 6.07) is 0. The third-order valence-electron chi connectivity index (χ3n) is 3.93. The summed E-state index contributed by atoms with van der Waals surface area (Å²) in [5.41, 5.74) is 0. The smallest absolute Gasteiger partial charge is 0.226 e. The molecule has 20 heavy (non-hydrogen) atoms. The molecule has 0 saturated carbocycles. The topological polar surface area (TPSA) is 60.4 Å². The lowest BCUT2D eigenvalue weighted by atomic mass is 9.82. The third kappa shape index (κ3) is 4.66. The summed E-state index contributed by atoms with van der Waals surface area (Å²) in [4.78, 5) is 25.7. The van der Waals surface area contributed by atoms with Crippen LogP contribution in [-0.4, -0.2) is 29.9 Å². The van der Waals surface area contributed by atoms with Gasteiger partial charge in [-0.15, -0.1) is 0 Å². The van der Waals surface area contributed by atoms with Crippen molar-refractivity contribution in [3.05, 3.63) is 12.2 Å². The number of carboxylic acid groups (broad SMARTS) is 1. The Labute approximate surface area is 121 Å². The highest BCUT2D eigenvalue weighted by Crippen LogP contribution is 2.27. The molecule has 0 radical (unpaired) electrons. The highest BCUT2D eigenvalue weighted by Gasteiger charge is 2.32. The number of amides is 1. The van der Waals surface area contributed by atoms with Crippen molar-refractivity contribution in [1.29, 1.82) is 0 Å². The highest BCUT2D eigenvalue weighted by molar-refractivity contribution is 5.84. The Morgan fingerprint density at radius 2 is 1.55 bits per heavy atom. The number of nitrogens with zero attached hydrogens (tertiary/aromatic N) is 1. The monoisotopic (exact) mass is 280 g/mol. The van der Waals surface area contributed by atoms with Gasteiger partial charge in [0.1, 0.15) is 0 Å². The molecular formula is C16H26NO3-. The first-order valence-corrected chi connectivity index (χ1v) is 7.76. The van der Waals surface area contributed by atoms with Crippen molar-refractivity contribution < 1.29 is 14.7 Å². The Bertz CT molecular complexity index is 344. The van der Waals surface area contributed by atoms with Crippen molar-refractivity contribution >= 4 is 11.9 Å². The molecule has 0 aromatic heterocycles. The first-order valence-electron chi connectivity index (χ1n) is 7.76. The molecule has 0 aromatic carbocycles. The van der Waals surface area contributed by atoms with E-state index in [-0.39, 0.29) is 5.91 Å². The van der Waals surface area contributed by atoms with E-state index in [1.165, 1.54) is 0 Å². The van der Waals surface area contributed by atoms with Gasteiger partial charge >= 0.3 is 0 Å². The summed E-state index contributed by atoms with van der Waals surface area (Å²) in [6.07, 6.45) is 8.68. The lowest BCUT2D eigenvalue weighted by Crippen LogP contribution is -2.46. The summed E-state index contributed by atoms with van der Waals surface area (Å²) in [7, 11) is 0. The first kappa shape index (κ1) is 16.7. The summed E-state index contributed by atoms with van der Waals surface area (Å²) in [5, 5.41) is 11.2. The molecule has 1 rings (SSSR count). The molecule has 4 nitrogen and oxygen atoms in total. The molecule has 1 aliphatic carbocycles. The number of carboxylic acids is 1. The predicted octanol–water partition coefficient (Wildman–Crippen LogP) is 1.75. The van der Waals surface area contributed by atoms with E-state index >= 15 is 0 Å². The van der Waals surface area contributed by atoms with Crippen LogP contribution in [0, 0.1) is 11.8 Å². The lowest BCUT2D eigenvalue weighted by Gasteiger charge is -2.33. The van der Waals surface area contributed by atoms with Crippen molar-refractivity contribution in [2.24, 2.45) is 11.8 Å². The Morgan fingerprint density at radius 1 is 1.05 bits per heavy atom. The zero-order valence-electron chi connectivity index (χ0n) is 12.6. The molecule has 0 aliphatic heterocycles. The van der Waals surface area contributed by atoms with Crippen LogP contribution in [0.3, 0.4) is 0 Å². The molecule has 1 amide bonds. The Morgan fingerprint density at radius 3 is 2.00 bits per heavy atom. The molecule has 0 unspecified atom stereocenters. The predicted molar refractivity (Wildman–Crippen MR) is 76.8 cm³/mol. The molecule has 4 heteroatoms. The number of unbranched alkanes of at least 4 members (excludes halogenated alkanes) is 2. The number of allylic oxidation sites excluding steroid dienone is 2. The number of hydrogen-bond donors (Lipinski definition) is 0. The molecular weight excluding hydrogens is 254 g/mol. The van der Waals surface area contributed by atoms with Crippen LogP contribution in [0.15, 0.2) is 12.2 Å². The van der Waals surface area contributed by atoms with Crippen molar-refractivity contribution in [1.82, 2.24) is 4.90 Å². The number of carbonyl (C=O) groups is 2. The molecule has 114 valence electrons. The Balaban J connectivity index is 2.74. The number of hydrogen-bond acceptors (Lipinski definition) is 3. The van der Waals surface area contributed by atoms with Crippen LogP contribution in [0.1, 0.15) is 52.4 Å². The number of aliphatic carboxylic acids is 1. The molecule has 1 aliphatic rings. The summed E-state index contributed by atoms with van der Waals surface area (Å²) < 4.78 is 0. The zero-order valence-corrected chi connectivity index (χ0v) is 12.6. The lowest BCUT2D eigenvalue weighted by molar-refractivity contribution is -0.313. The van der Waals surface area contributed by atoms with Crippen molar-refractivity contribution in [3.63, 3.8) is 0 Å². The Hall–Kier alpha value is -1.32. The van der Waals surface area contributed by atoms with Gasteiger partial charge in [0.25, 0.3) is 0 Å².